The summed E-state index contributed by atoms with van der Waals surface area (Å²) >= 11 is 12.6. The Balaban J connectivity index is 1.46. The number of carbonyl (C=O) groups is 1. The maximum atomic E-state index is 13.8. The standard InChI is InChI=1S/C31H21Cl2NO5/c1-37-26-14-10-21(16-24(26)33)34-28(19-7-11-22(12-8-19)38-17-18-5-3-2-4-6-18)27-29(35)23-15-20(32)9-13-25(23)39-30(27)31(34)36/h2-16,28H,17H2,1H3. The lowest BCUT2D eigenvalue weighted by atomic mass is 9.98. The van der Waals surface area contributed by atoms with Gasteiger partial charge in [0, 0.05) is 10.7 Å². The summed E-state index contributed by atoms with van der Waals surface area (Å²) in [5.41, 5.74) is 2.44. The molecule has 0 saturated heterocycles. The van der Waals surface area contributed by atoms with Gasteiger partial charge in [-0.2, -0.15) is 0 Å². The van der Waals surface area contributed by atoms with Gasteiger partial charge in [0.05, 0.1) is 29.1 Å². The van der Waals surface area contributed by atoms with Crippen LogP contribution < -0.4 is 19.8 Å². The highest BCUT2D eigenvalue weighted by atomic mass is 35.5. The van der Waals surface area contributed by atoms with E-state index in [4.69, 9.17) is 37.1 Å². The normalized spacial score (nSPS) is 14.5. The van der Waals surface area contributed by atoms with E-state index in [1.54, 1.807) is 36.4 Å². The number of ether oxygens (including phenoxy) is 2. The molecule has 6 rings (SSSR count). The molecule has 194 valence electrons. The van der Waals surface area contributed by atoms with Gasteiger partial charge in [0.15, 0.2) is 5.43 Å². The summed E-state index contributed by atoms with van der Waals surface area (Å²) in [5, 5.41) is 1.03. The smallest absolute Gasteiger partial charge is 0.295 e. The molecule has 2 heterocycles. The molecule has 0 spiro atoms. The molecule has 4 aromatic carbocycles. The fraction of sp³-hybridized carbons (Fsp3) is 0.0968. The van der Waals surface area contributed by atoms with Crippen molar-refractivity contribution in [3.63, 3.8) is 0 Å². The number of hydrogen-bond acceptors (Lipinski definition) is 5. The van der Waals surface area contributed by atoms with Crippen LogP contribution in [0.5, 0.6) is 11.5 Å². The van der Waals surface area contributed by atoms with Gasteiger partial charge in [-0.05, 0) is 59.7 Å². The van der Waals surface area contributed by atoms with Gasteiger partial charge in [0.2, 0.25) is 5.76 Å². The number of fused-ring (bicyclic) bond motifs is 2. The zero-order chi connectivity index (χ0) is 27.1. The average Bonchev–Trinajstić information content (AvgIpc) is 3.25. The molecule has 39 heavy (non-hydrogen) atoms. The Morgan fingerprint density at radius 1 is 0.897 bits per heavy atom. The van der Waals surface area contributed by atoms with Crippen molar-refractivity contribution in [2.45, 2.75) is 12.6 Å². The Kier molecular flexibility index (Phi) is 6.51. The van der Waals surface area contributed by atoms with Crippen LogP contribution in [0.2, 0.25) is 10.0 Å². The summed E-state index contributed by atoms with van der Waals surface area (Å²) in [6, 6.07) is 26.2. The van der Waals surface area contributed by atoms with Crippen LogP contribution in [0.1, 0.15) is 33.3 Å². The van der Waals surface area contributed by atoms with E-state index in [1.165, 1.54) is 12.0 Å². The first-order valence-corrected chi connectivity index (χ1v) is 12.9. The number of benzene rings is 4. The van der Waals surface area contributed by atoms with Gasteiger partial charge in [-0.3, -0.25) is 14.5 Å². The highest BCUT2D eigenvalue weighted by molar-refractivity contribution is 6.32. The highest BCUT2D eigenvalue weighted by Gasteiger charge is 2.43. The van der Waals surface area contributed by atoms with Gasteiger partial charge in [0.1, 0.15) is 23.7 Å². The van der Waals surface area contributed by atoms with Crippen molar-refractivity contribution in [2.24, 2.45) is 0 Å². The summed E-state index contributed by atoms with van der Waals surface area (Å²) in [7, 11) is 1.52. The number of anilines is 1. The quantitative estimate of drug-likeness (QED) is 0.217. The van der Waals surface area contributed by atoms with Gasteiger partial charge in [0.25, 0.3) is 5.91 Å². The third-order valence-electron chi connectivity index (χ3n) is 6.69. The van der Waals surface area contributed by atoms with Crippen molar-refractivity contribution in [2.75, 3.05) is 12.0 Å². The van der Waals surface area contributed by atoms with Crippen molar-refractivity contribution in [3.8, 4) is 11.5 Å². The van der Waals surface area contributed by atoms with E-state index in [9.17, 15) is 9.59 Å². The van der Waals surface area contributed by atoms with Crippen molar-refractivity contribution in [1.29, 1.82) is 0 Å². The minimum absolute atomic E-state index is 0.0174. The van der Waals surface area contributed by atoms with Crippen molar-refractivity contribution in [1.82, 2.24) is 0 Å². The van der Waals surface area contributed by atoms with Gasteiger partial charge in [-0.15, -0.1) is 0 Å². The van der Waals surface area contributed by atoms with Crippen LogP contribution in [-0.2, 0) is 6.61 Å². The van der Waals surface area contributed by atoms with Gasteiger partial charge < -0.3 is 13.9 Å². The molecule has 0 aliphatic carbocycles. The van der Waals surface area contributed by atoms with Crippen molar-refractivity contribution < 1.29 is 18.7 Å². The molecular weight excluding hydrogens is 537 g/mol. The molecule has 1 atom stereocenters. The first-order chi connectivity index (χ1) is 18.9. The molecule has 8 heteroatoms. The van der Waals surface area contributed by atoms with Crippen LogP contribution in [-0.4, -0.2) is 13.0 Å². The number of nitrogens with zero attached hydrogens (tertiary/aromatic N) is 1. The van der Waals surface area contributed by atoms with Crippen LogP contribution in [0.3, 0.4) is 0 Å². The lowest BCUT2D eigenvalue weighted by Gasteiger charge is -2.26. The topological polar surface area (TPSA) is 69.0 Å². The number of amides is 1. The predicted molar refractivity (Wildman–Crippen MR) is 151 cm³/mol. The second-order valence-corrected chi connectivity index (χ2v) is 9.90. The molecule has 5 aromatic rings. The predicted octanol–water partition coefficient (Wildman–Crippen LogP) is 7.44. The second kappa shape index (κ2) is 10.1. The molecule has 1 aromatic heterocycles. The lowest BCUT2D eigenvalue weighted by Crippen LogP contribution is -2.29. The molecule has 1 amide bonds. The van der Waals surface area contributed by atoms with Crippen LogP contribution in [0.25, 0.3) is 11.0 Å². The minimum atomic E-state index is -0.764. The maximum Gasteiger partial charge on any atom is 0.295 e. The molecule has 1 aliphatic heterocycles. The molecule has 0 radical (unpaired) electrons. The van der Waals surface area contributed by atoms with Crippen LogP contribution in [0, 0.1) is 0 Å². The third kappa shape index (κ3) is 4.52. The fourth-order valence-electron chi connectivity index (χ4n) is 4.82. The molecule has 1 unspecified atom stereocenters. The average molecular weight is 558 g/mol. The van der Waals surface area contributed by atoms with Crippen LogP contribution >= 0.6 is 23.2 Å². The molecule has 0 fully saturated rings. The number of hydrogen-bond donors (Lipinski definition) is 0. The first kappa shape index (κ1) is 25.0. The number of methoxy groups -OCH3 is 1. The second-order valence-electron chi connectivity index (χ2n) is 9.05. The van der Waals surface area contributed by atoms with E-state index in [-0.39, 0.29) is 22.3 Å². The zero-order valence-corrected chi connectivity index (χ0v) is 22.2. The third-order valence-corrected chi connectivity index (χ3v) is 7.22. The molecule has 6 nitrogen and oxygen atoms in total. The number of rotatable bonds is 6. The van der Waals surface area contributed by atoms with E-state index in [0.717, 1.165) is 5.56 Å². The van der Waals surface area contributed by atoms with E-state index < -0.39 is 11.9 Å². The zero-order valence-electron chi connectivity index (χ0n) is 20.7. The first-order valence-electron chi connectivity index (χ1n) is 12.1. The van der Waals surface area contributed by atoms with Gasteiger partial charge in [-0.25, -0.2) is 0 Å². The SMILES string of the molecule is COc1ccc(N2C(=O)c3oc4ccc(Cl)cc4c(=O)c3C2c2ccc(OCc3ccccc3)cc2)cc1Cl. The Morgan fingerprint density at radius 3 is 2.38 bits per heavy atom. The monoisotopic (exact) mass is 557 g/mol. The number of carbonyl (C=O) groups excluding carboxylic acids is 1. The maximum absolute atomic E-state index is 13.8. The number of halogens is 2. The van der Waals surface area contributed by atoms with Crippen LogP contribution in [0.15, 0.2) is 100 Å². The molecular formula is C31H21Cl2NO5. The summed E-state index contributed by atoms with van der Waals surface area (Å²) in [4.78, 5) is 29.1. The minimum Gasteiger partial charge on any atom is -0.495 e. The molecule has 0 bridgehead atoms. The highest BCUT2D eigenvalue weighted by Crippen LogP contribution is 2.43. The Morgan fingerprint density at radius 2 is 1.67 bits per heavy atom. The van der Waals surface area contributed by atoms with Crippen molar-refractivity contribution in [3.05, 3.63) is 134 Å². The molecule has 1 aliphatic rings. The summed E-state index contributed by atoms with van der Waals surface area (Å²) in [6.07, 6.45) is 0. The largest absolute Gasteiger partial charge is 0.495 e. The van der Waals surface area contributed by atoms with E-state index in [2.05, 4.69) is 0 Å². The Hall–Kier alpha value is -4.26. The summed E-state index contributed by atoms with van der Waals surface area (Å²) < 4.78 is 17.2. The Bertz CT molecular complexity index is 1770. The van der Waals surface area contributed by atoms with Crippen molar-refractivity contribution >= 4 is 45.8 Å². The molecule has 0 N–H and O–H groups in total. The van der Waals surface area contributed by atoms with Gasteiger partial charge >= 0.3 is 0 Å². The fourth-order valence-corrected chi connectivity index (χ4v) is 5.24. The van der Waals surface area contributed by atoms with Crippen LogP contribution in [0.4, 0.5) is 5.69 Å². The Labute approximate surface area is 233 Å². The summed E-state index contributed by atoms with van der Waals surface area (Å²) in [6.45, 7) is 0.414. The summed E-state index contributed by atoms with van der Waals surface area (Å²) in [5.74, 6) is 0.657. The van der Waals surface area contributed by atoms with E-state index in [0.29, 0.717) is 44.8 Å². The molecule has 0 saturated carbocycles. The lowest BCUT2D eigenvalue weighted by molar-refractivity contribution is 0.0971. The van der Waals surface area contributed by atoms with E-state index >= 15 is 0 Å². The van der Waals surface area contributed by atoms with E-state index in [1.807, 2.05) is 54.6 Å². The van der Waals surface area contributed by atoms with Gasteiger partial charge in [-0.1, -0.05) is 65.7 Å².